The summed E-state index contributed by atoms with van der Waals surface area (Å²) in [6, 6.07) is 1.40. The van der Waals surface area contributed by atoms with Gasteiger partial charge < -0.3 is 5.11 Å². The Kier molecular flexibility index (Phi) is 7.48. The first-order valence-electron chi connectivity index (χ1n) is 9.29. The van der Waals surface area contributed by atoms with Gasteiger partial charge in [0.15, 0.2) is 0 Å². The van der Waals surface area contributed by atoms with Crippen molar-refractivity contribution in [2.45, 2.75) is 77.3 Å². The summed E-state index contributed by atoms with van der Waals surface area (Å²) in [7, 11) is 0. The summed E-state index contributed by atoms with van der Waals surface area (Å²) in [5.41, 5.74) is 0. The molecule has 1 aliphatic heterocycles. The molecule has 2 fully saturated rings. The summed E-state index contributed by atoms with van der Waals surface area (Å²) in [6.45, 7) is 9.79. The highest BCUT2D eigenvalue weighted by atomic mass is 16.3. The first-order chi connectivity index (χ1) is 10.2. The van der Waals surface area contributed by atoms with Gasteiger partial charge in [0.1, 0.15) is 0 Å². The van der Waals surface area contributed by atoms with Crippen LogP contribution in [0.4, 0.5) is 0 Å². The van der Waals surface area contributed by atoms with Crippen LogP contribution in [0.3, 0.4) is 0 Å². The second-order valence-corrected chi connectivity index (χ2v) is 7.52. The highest BCUT2D eigenvalue weighted by Crippen LogP contribution is 2.25. The van der Waals surface area contributed by atoms with Gasteiger partial charge in [-0.2, -0.15) is 0 Å². The normalized spacial score (nSPS) is 27.1. The van der Waals surface area contributed by atoms with E-state index < -0.39 is 0 Å². The van der Waals surface area contributed by atoms with E-state index in [0.717, 1.165) is 18.4 Å². The molecule has 1 N–H and O–H groups in total. The van der Waals surface area contributed by atoms with Crippen LogP contribution in [0.15, 0.2) is 0 Å². The van der Waals surface area contributed by atoms with E-state index in [1.54, 1.807) is 0 Å². The molecule has 0 aromatic rings. The lowest BCUT2D eigenvalue weighted by Gasteiger charge is -2.44. The molecule has 1 saturated heterocycles. The van der Waals surface area contributed by atoms with Gasteiger partial charge in [-0.15, -0.1) is 0 Å². The fourth-order valence-corrected chi connectivity index (χ4v) is 4.01. The van der Waals surface area contributed by atoms with Gasteiger partial charge in [0.2, 0.25) is 0 Å². The molecule has 124 valence electrons. The van der Waals surface area contributed by atoms with Crippen LogP contribution in [0.5, 0.6) is 0 Å². The third-order valence-corrected chi connectivity index (χ3v) is 5.43. The third-order valence-electron chi connectivity index (χ3n) is 5.43. The molecule has 3 nitrogen and oxygen atoms in total. The van der Waals surface area contributed by atoms with E-state index in [9.17, 15) is 5.11 Å². The molecule has 0 aromatic heterocycles. The molecular weight excluding hydrogens is 260 g/mol. The van der Waals surface area contributed by atoms with Gasteiger partial charge in [-0.3, -0.25) is 9.80 Å². The summed E-state index contributed by atoms with van der Waals surface area (Å²) in [5.74, 6) is 0.777. The molecule has 1 atom stereocenters. The van der Waals surface area contributed by atoms with Crippen LogP contribution in [-0.4, -0.2) is 59.8 Å². The predicted octanol–water partition coefficient (Wildman–Crippen LogP) is 3.12. The van der Waals surface area contributed by atoms with E-state index in [-0.39, 0.29) is 0 Å². The number of rotatable bonds is 6. The zero-order chi connectivity index (χ0) is 15.1. The van der Waals surface area contributed by atoms with Crippen LogP contribution in [0.2, 0.25) is 0 Å². The Morgan fingerprint density at radius 1 is 1.05 bits per heavy atom. The molecule has 0 unspecified atom stereocenters. The van der Waals surface area contributed by atoms with Crippen molar-refractivity contribution < 1.29 is 5.11 Å². The Morgan fingerprint density at radius 2 is 1.76 bits per heavy atom. The lowest BCUT2D eigenvalue weighted by atomic mass is 10.0. The minimum Gasteiger partial charge on any atom is -0.396 e. The average molecular weight is 296 g/mol. The maximum Gasteiger partial charge on any atom is 0.0446 e. The minimum absolute atomic E-state index is 0.335. The Morgan fingerprint density at radius 3 is 2.38 bits per heavy atom. The van der Waals surface area contributed by atoms with Crippen molar-refractivity contribution in [3.8, 4) is 0 Å². The number of piperazine rings is 1. The predicted molar refractivity (Wildman–Crippen MR) is 89.6 cm³/mol. The van der Waals surface area contributed by atoms with Crippen molar-refractivity contribution in [3.63, 3.8) is 0 Å². The standard InChI is InChI=1S/C18H36N2O/c1-16(2)9-11-19-12-13-20(15-18(19)10-14-21)17-7-5-3-4-6-8-17/h16-18,21H,3-15H2,1-2H3/t18-/m1/s1. The van der Waals surface area contributed by atoms with E-state index in [2.05, 4.69) is 23.6 Å². The van der Waals surface area contributed by atoms with Crippen molar-refractivity contribution in [2.24, 2.45) is 5.92 Å². The first-order valence-corrected chi connectivity index (χ1v) is 9.29. The monoisotopic (exact) mass is 296 g/mol. The van der Waals surface area contributed by atoms with Crippen LogP contribution >= 0.6 is 0 Å². The second-order valence-electron chi connectivity index (χ2n) is 7.52. The zero-order valence-electron chi connectivity index (χ0n) is 14.3. The molecule has 0 amide bonds. The summed E-state index contributed by atoms with van der Waals surface area (Å²) in [5, 5.41) is 9.41. The van der Waals surface area contributed by atoms with E-state index in [1.807, 2.05) is 0 Å². The van der Waals surface area contributed by atoms with Crippen LogP contribution in [0.25, 0.3) is 0 Å². The SMILES string of the molecule is CC(C)CCN1CCN(C2CCCCCC2)C[C@H]1CCO. The van der Waals surface area contributed by atoms with Crippen molar-refractivity contribution >= 4 is 0 Å². The van der Waals surface area contributed by atoms with Gasteiger partial charge in [-0.1, -0.05) is 39.5 Å². The van der Waals surface area contributed by atoms with E-state index in [4.69, 9.17) is 0 Å². The van der Waals surface area contributed by atoms with Crippen molar-refractivity contribution in [1.82, 2.24) is 9.80 Å². The summed E-state index contributed by atoms with van der Waals surface area (Å²) < 4.78 is 0. The average Bonchev–Trinajstić information content (AvgIpc) is 2.75. The number of hydrogen-bond acceptors (Lipinski definition) is 3. The van der Waals surface area contributed by atoms with E-state index in [0.29, 0.717) is 12.6 Å². The smallest absolute Gasteiger partial charge is 0.0446 e. The maximum atomic E-state index is 9.41. The Bertz CT molecular complexity index is 274. The van der Waals surface area contributed by atoms with Crippen molar-refractivity contribution in [1.29, 1.82) is 0 Å². The Hall–Kier alpha value is -0.120. The van der Waals surface area contributed by atoms with E-state index >= 15 is 0 Å². The number of aliphatic hydroxyl groups excluding tert-OH is 1. The van der Waals surface area contributed by atoms with Crippen LogP contribution in [0, 0.1) is 5.92 Å². The number of aliphatic hydroxyl groups is 1. The molecule has 3 heteroatoms. The number of hydrogen-bond donors (Lipinski definition) is 1. The highest BCUT2D eigenvalue weighted by molar-refractivity contribution is 4.86. The fourth-order valence-electron chi connectivity index (χ4n) is 4.01. The van der Waals surface area contributed by atoms with Crippen LogP contribution in [-0.2, 0) is 0 Å². The molecule has 2 rings (SSSR count). The summed E-state index contributed by atoms with van der Waals surface area (Å²) >= 11 is 0. The van der Waals surface area contributed by atoms with Gasteiger partial charge in [-0.05, 0) is 38.1 Å². The second kappa shape index (κ2) is 9.12. The van der Waals surface area contributed by atoms with Gasteiger partial charge in [0, 0.05) is 38.3 Å². The molecule has 0 radical (unpaired) electrons. The van der Waals surface area contributed by atoms with Gasteiger partial charge >= 0.3 is 0 Å². The van der Waals surface area contributed by atoms with Gasteiger partial charge in [0.25, 0.3) is 0 Å². The zero-order valence-corrected chi connectivity index (χ0v) is 14.3. The topological polar surface area (TPSA) is 26.7 Å². The molecule has 1 saturated carbocycles. The molecule has 1 heterocycles. The number of nitrogens with zero attached hydrogens (tertiary/aromatic N) is 2. The van der Waals surface area contributed by atoms with E-state index in [1.165, 1.54) is 71.1 Å². The lowest BCUT2D eigenvalue weighted by Crippen LogP contribution is -2.56. The van der Waals surface area contributed by atoms with Gasteiger partial charge in [0.05, 0.1) is 0 Å². The quantitative estimate of drug-likeness (QED) is 0.763. The maximum absolute atomic E-state index is 9.41. The molecule has 21 heavy (non-hydrogen) atoms. The molecule has 1 aliphatic carbocycles. The fraction of sp³-hybridized carbons (Fsp3) is 1.00. The summed E-state index contributed by atoms with van der Waals surface area (Å²) in [6.07, 6.45) is 10.7. The third kappa shape index (κ3) is 5.54. The van der Waals surface area contributed by atoms with Crippen molar-refractivity contribution in [2.75, 3.05) is 32.8 Å². The van der Waals surface area contributed by atoms with Gasteiger partial charge in [-0.25, -0.2) is 0 Å². The van der Waals surface area contributed by atoms with Crippen LogP contribution < -0.4 is 0 Å². The highest BCUT2D eigenvalue weighted by Gasteiger charge is 2.30. The molecule has 0 bridgehead atoms. The minimum atomic E-state index is 0.335. The molecular formula is C18H36N2O. The Balaban J connectivity index is 1.87. The first kappa shape index (κ1) is 17.2. The summed E-state index contributed by atoms with van der Waals surface area (Å²) in [4.78, 5) is 5.39. The largest absolute Gasteiger partial charge is 0.396 e. The molecule has 0 spiro atoms. The Labute approximate surface area is 131 Å². The molecule has 0 aromatic carbocycles. The van der Waals surface area contributed by atoms with Crippen LogP contribution in [0.1, 0.15) is 65.2 Å². The molecule has 2 aliphatic rings. The lowest BCUT2D eigenvalue weighted by molar-refractivity contribution is 0.0299. The van der Waals surface area contributed by atoms with Crippen molar-refractivity contribution in [3.05, 3.63) is 0 Å².